The molecule has 3 unspecified atom stereocenters. The number of carboxylic acids is 1. The fraction of sp³-hybridized carbons (Fsp3) is 0.423. The number of nitrogens with two attached hydrogens (primary N) is 1. The molecule has 9 atom stereocenters. The minimum Gasteiger partial charge on any atom is -0.870 e. The Bertz CT molecular complexity index is 5850. The number of carboxylic acid groups (broad SMARTS) is 1. The number of amides is 3. The van der Waals surface area contributed by atoms with Crippen LogP contribution in [0.3, 0.4) is 0 Å². The number of esters is 2. The SMILES string of the molecule is C.C.C.C.CCN(C(C)C)C(C)C.COC(=O)[C@@H]1C[C@H]1COc1cc(N)cc(OC)c1.COC(=O)[C@@H]1C[C@H]1COc1cc(NC(C(=O)N2CCc3ccc(OC(F)(F)F)cc32)c2ccc(Cl)cc2C)cc(OC)c1.COc1cc(NC(C(=O)N2CCc3ccc(OC(F)(F)F)cc32)c2ccc(Cl)cc2C)cc(OC[C@@H]2C[C@H]2C(=O)O)c1.Cc1cc(Cl)ccc1C(Br)C(=O)N1CCc2ccc(OC(F)(F)F)cc21.[Li+].[OH-]. The zero-order valence-electron chi connectivity index (χ0n) is 79.2. The molecular weight excluding hydrogens is 2020 g/mol. The van der Waals surface area contributed by atoms with Crippen molar-refractivity contribution in [2.45, 2.75) is 172 Å². The van der Waals surface area contributed by atoms with Crippen LogP contribution in [-0.2, 0) is 57.5 Å². The first-order valence-electron chi connectivity index (χ1n) is 44.2. The van der Waals surface area contributed by atoms with Crippen LogP contribution in [0.15, 0.2) is 164 Å². The van der Waals surface area contributed by atoms with Crippen LogP contribution in [0.1, 0.15) is 151 Å². The van der Waals surface area contributed by atoms with Gasteiger partial charge in [-0.1, -0.05) is 124 Å². The largest absolute Gasteiger partial charge is 1.00 e. The summed E-state index contributed by atoms with van der Waals surface area (Å²) in [6.45, 7) is 19.8. The van der Waals surface area contributed by atoms with E-state index in [1.54, 1.807) is 122 Å². The third-order valence-corrected chi connectivity index (χ3v) is 25.4. The number of halogens is 13. The maximum atomic E-state index is 14.2. The normalized spacial score (nSPS) is 16.8. The van der Waals surface area contributed by atoms with Gasteiger partial charge in [0.05, 0.1) is 90.2 Å². The predicted molar refractivity (Wildman–Crippen MR) is 538 cm³/mol. The molecule has 0 bridgehead atoms. The molecule has 6 N–H and O–H groups in total. The standard InChI is InChI=1S/C31H30ClF3N2O6.C30H28ClF3N2O6.C18H14BrClF3NO2.C13H17NO4.C8H19N.4CH4.Li.H2O/c1-17-10-20(32)5-7-25(17)28(29(38)37-9-8-18-4-6-22(15-27(18)37)43-31(33,34)35)36-21-12-23(40-2)14-24(13-21)42-16-19-11-26(19)30(39)41-3;1-16-9-19(31)4-6-24(16)27(28(37)36-8-7-17-3-5-21(14-26(17)36)42-30(32,33)34)35-20-11-22(40-2)13-23(12-20)41-15-18-10-25(18)29(38)39;1-10-8-12(20)3-5-14(10)16(19)17(25)24-7-6-11-2-4-13(9-15(11)24)26-18(21,22)23;1-16-10-4-9(14)5-11(6-10)18-7-8-3-12(8)13(15)17-2;1-6-9(7(2)3)8(4)5;;;;;;/h4-7,10,12-15,19,26,28,36H,8-9,11,16H2,1-3H3;3-6,9,11-14,18,25,27,35H,7-8,10,15H2,1-2H3,(H,38,39);2-5,8-9,16H,6-7H2,1H3;4-6,8,12H,3,7,14H2,1-2H3;7-8H,6H2,1-5H3;4*1H4;;1H2/q;;;;;;;;;+1;/p-1/t19-,26+,28?;18-,25+,27?;;8-,12+;;;;;;;/m00.0......./s1. The molecule has 0 spiro atoms. The summed E-state index contributed by atoms with van der Waals surface area (Å²) in [4.78, 5) is 81.7. The number of rotatable bonds is 31. The number of carbonyl (C=O) groups is 6. The van der Waals surface area contributed by atoms with Gasteiger partial charge in [-0.15, -0.1) is 39.5 Å². The number of nitrogens with one attached hydrogen (secondary N) is 2. The van der Waals surface area contributed by atoms with Gasteiger partial charge in [0.15, 0.2) is 0 Å². The van der Waals surface area contributed by atoms with Gasteiger partial charge in [0, 0.05) is 154 Å². The molecule has 0 saturated heterocycles. The molecular formula is C104H125BrCl3F9LiN7O19. The number of benzene rings is 9. The van der Waals surface area contributed by atoms with Crippen LogP contribution >= 0.6 is 50.7 Å². The number of anilines is 6. The number of hydrogen-bond acceptors (Lipinski definition) is 22. The van der Waals surface area contributed by atoms with Crippen molar-refractivity contribution in [1.82, 2.24) is 4.90 Å². The third-order valence-electron chi connectivity index (χ3n) is 23.8. The van der Waals surface area contributed by atoms with Crippen LogP contribution in [0, 0.1) is 56.3 Å². The summed E-state index contributed by atoms with van der Waals surface area (Å²) in [6.07, 6.45) is -10.9. The Morgan fingerprint density at radius 2 is 0.736 bits per heavy atom. The minimum atomic E-state index is -4.87. The summed E-state index contributed by atoms with van der Waals surface area (Å²) in [6, 6.07) is 42.4. The second kappa shape index (κ2) is 54.2. The van der Waals surface area contributed by atoms with Crippen LogP contribution in [0.2, 0.25) is 15.1 Å². The molecule has 3 fully saturated rings. The van der Waals surface area contributed by atoms with Crippen LogP contribution in [0.25, 0.3) is 0 Å². The zero-order chi connectivity index (χ0) is 101. The first kappa shape index (κ1) is 123. The van der Waals surface area contributed by atoms with E-state index < -0.39 is 65.3 Å². The minimum absolute atomic E-state index is 0. The molecule has 782 valence electrons. The van der Waals surface area contributed by atoms with E-state index in [1.165, 1.54) is 91.7 Å². The molecule has 0 radical (unpaired) electrons. The molecule has 3 saturated carbocycles. The van der Waals surface area contributed by atoms with Crippen molar-refractivity contribution in [3.8, 4) is 51.7 Å². The first-order valence-corrected chi connectivity index (χ1v) is 46.2. The van der Waals surface area contributed by atoms with E-state index in [9.17, 15) is 73.4 Å². The molecule has 9 aromatic carbocycles. The van der Waals surface area contributed by atoms with Crippen molar-refractivity contribution in [3.05, 3.63) is 229 Å². The van der Waals surface area contributed by atoms with Gasteiger partial charge in [0.25, 0.3) is 11.8 Å². The Morgan fingerprint density at radius 1 is 0.438 bits per heavy atom. The van der Waals surface area contributed by atoms with Crippen molar-refractivity contribution in [2.24, 2.45) is 35.5 Å². The summed E-state index contributed by atoms with van der Waals surface area (Å²) >= 11 is 21.8. The number of nitrogen functional groups attached to an aromatic ring is 1. The Kier molecular flexibility index (Phi) is 46.3. The predicted octanol–water partition coefficient (Wildman–Crippen LogP) is 21.4. The van der Waals surface area contributed by atoms with Gasteiger partial charge in [-0.05, 0) is 198 Å². The fourth-order valence-corrected chi connectivity index (χ4v) is 18.0. The third kappa shape index (κ3) is 34.1. The van der Waals surface area contributed by atoms with E-state index in [0.717, 1.165) is 51.9 Å². The number of aliphatic carboxylic acids is 1. The Balaban J connectivity index is 0.000000336. The smallest absolute Gasteiger partial charge is 0.870 e. The Labute approximate surface area is 870 Å². The van der Waals surface area contributed by atoms with E-state index in [2.05, 4.69) is 85.0 Å². The summed E-state index contributed by atoms with van der Waals surface area (Å²) in [5.74, 6) is -0.757. The Hall–Kier alpha value is -11.4. The topological polar surface area (TPSA) is 317 Å². The number of fused-ring (bicyclic) bond motifs is 3. The van der Waals surface area contributed by atoms with Gasteiger partial charge in [0.1, 0.15) is 68.7 Å². The van der Waals surface area contributed by atoms with Crippen LogP contribution in [0.5, 0.6) is 51.7 Å². The molecule has 144 heavy (non-hydrogen) atoms. The molecule has 9 aromatic rings. The molecule has 3 aliphatic carbocycles. The second-order valence-corrected chi connectivity index (χ2v) is 36.4. The molecule has 3 amide bonds. The van der Waals surface area contributed by atoms with E-state index >= 15 is 0 Å². The van der Waals surface area contributed by atoms with Gasteiger partial charge in [0.2, 0.25) is 5.91 Å². The molecule has 3 aliphatic heterocycles. The maximum absolute atomic E-state index is 14.2. The van der Waals surface area contributed by atoms with Crippen molar-refractivity contribution < 1.29 is 150 Å². The summed E-state index contributed by atoms with van der Waals surface area (Å²) in [5, 5.41) is 17.3. The van der Waals surface area contributed by atoms with E-state index in [0.29, 0.717) is 159 Å². The first-order chi connectivity index (χ1) is 65.2. The average molecular weight is 2140 g/mol. The summed E-state index contributed by atoms with van der Waals surface area (Å²) < 4.78 is 170. The van der Waals surface area contributed by atoms with Crippen molar-refractivity contribution >= 4 is 120 Å². The molecule has 0 aromatic heterocycles. The van der Waals surface area contributed by atoms with Gasteiger partial charge in [-0.2, -0.15) is 0 Å². The molecule has 6 aliphatic rings. The number of aryl methyl sites for hydroxylation is 3. The maximum Gasteiger partial charge on any atom is 1.00 e. The van der Waals surface area contributed by atoms with Gasteiger partial charge < -0.3 is 93.8 Å². The fourth-order valence-electron chi connectivity index (χ4n) is 16.6. The quantitative estimate of drug-likeness (QED) is 0.0103. The van der Waals surface area contributed by atoms with Gasteiger partial charge >= 0.3 is 55.9 Å². The van der Waals surface area contributed by atoms with Gasteiger partial charge in [-0.25, -0.2) is 0 Å². The van der Waals surface area contributed by atoms with Crippen molar-refractivity contribution in [1.29, 1.82) is 0 Å². The van der Waals surface area contributed by atoms with E-state index in [-0.39, 0.29) is 133 Å². The number of nitrogens with zero attached hydrogens (tertiary/aromatic N) is 4. The van der Waals surface area contributed by atoms with Crippen molar-refractivity contribution in [2.75, 3.05) is 113 Å². The molecule has 26 nitrogen and oxygen atoms in total. The zero-order valence-corrected chi connectivity index (χ0v) is 83.1. The van der Waals surface area contributed by atoms with Crippen LogP contribution in [0.4, 0.5) is 73.6 Å². The molecule has 40 heteroatoms. The molecule has 15 rings (SSSR count). The number of hydrogen-bond donors (Lipinski definition) is 4. The van der Waals surface area contributed by atoms with E-state index in [1.807, 2.05) is 20.8 Å². The summed E-state index contributed by atoms with van der Waals surface area (Å²) in [5.41, 5.74) is 15.0. The molecule has 3 heterocycles. The Morgan fingerprint density at radius 3 is 1.03 bits per heavy atom. The number of carbonyl (C=O) groups excluding carboxylic acids is 5. The number of ether oxygens (including phenoxy) is 11. The van der Waals surface area contributed by atoms with Crippen LogP contribution < -0.4 is 92.6 Å². The summed E-state index contributed by atoms with van der Waals surface area (Å²) in [7, 11) is 7.32. The second-order valence-electron chi connectivity index (χ2n) is 34.1. The number of alkyl halides is 10. The monoisotopic (exact) mass is 2140 g/mol. The van der Waals surface area contributed by atoms with Crippen molar-refractivity contribution in [3.63, 3.8) is 0 Å². The number of methoxy groups -OCH3 is 5. The van der Waals surface area contributed by atoms with Gasteiger partial charge in [-0.3, -0.25) is 33.7 Å². The van der Waals surface area contributed by atoms with E-state index in [4.69, 9.17) is 73.7 Å². The van der Waals surface area contributed by atoms with Crippen LogP contribution in [-0.4, -0.2) is 164 Å². The average Bonchev–Trinajstić information content (AvgIpc) is 1.63.